The van der Waals surface area contributed by atoms with Crippen molar-refractivity contribution in [1.29, 1.82) is 0 Å². The zero-order valence-electron chi connectivity index (χ0n) is 14.6. The average Bonchev–Trinajstić information content (AvgIpc) is 2.87. The van der Waals surface area contributed by atoms with Crippen molar-refractivity contribution in [3.63, 3.8) is 0 Å². The molecule has 0 fully saturated rings. The van der Waals surface area contributed by atoms with E-state index in [1.807, 2.05) is 42.7 Å². The predicted molar refractivity (Wildman–Crippen MR) is 96.4 cm³/mol. The second-order valence-corrected chi connectivity index (χ2v) is 5.92. The van der Waals surface area contributed by atoms with Crippen molar-refractivity contribution in [2.24, 2.45) is 0 Å². The minimum atomic E-state index is -0.410. The number of ether oxygens (including phenoxy) is 2. The molecule has 0 atom stereocenters. The SMILES string of the molecule is COC(=O)c1c(C)n(CCOc2ccccc2C)c2ccc(O)cc12. The van der Waals surface area contributed by atoms with E-state index < -0.39 is 5.97 Å². The van der Waals surface area contributed by atoms with Gasteiger partial charge in [0.2, 0.25) is 0 Å². The number of aromatic nitrogens is 1. The molecule has 0 aliphatic heterocycles. The van der Waals surface area contributed by atoms with Gasteiger partial charge in [0.15, 0.2) is 0 Å². The van der Waals surface area contributed by atoms with E-state index in [-0.39, 0.29) is 5.75 Å². The summed E-state index contributed by atoms with van der Waals surface area (Å²) in [6.45, 7) is 4.93. The fourth-order valence-electron chi connectivity index (χ4n) is 3.08. The summed E-state index contributed by atoms with van der Waals surface area (Å²) in [5.74, 6) is 0.556. The standard InChI is InChI=1S/C20H21NO4/c1-13-6-4-5-7-18(13)25-11-10-21-14(2)19(20(23)24-3)16-12-15(22)8-9-17(16)21/h4-9,12,22H,10-11H2,1-3H3. The summed E-state index contributed by atoms with van der Waals surface area (Å²) in [6.07, 6.45) is 0. The summed E-state index contributed by atoms with van der Waals surface area (Å²) >= 11 is 0. The Balaban J connectivity index is 1.92. The molecule has 0 amide bonds. The first kappa shape index (κ1) is 16.9. The summed E-state index contributed by atoms with van der Waals surface area (Å²) in [5.41, 5.74) is 3.21. The van der Waals surface area contributed by atoms with Gasteiger partial charge in [-0.25, -0.2) is 4.79 Å². The number of carbonyl (C=O) groups excluding carboxylic acids is 1. The largest absolute Gasteiger partial charge is 0.508 e. The van der Waals surface area contributed by atoms with Crippen LogP contribution in [0.1, 0.15) is 21.6 Å². The summed E-state index contributed by atoms with van der Waals surface area (Å²) in [6, 6.07) is 12.9. The van der Waals surface area contributed by atoms with Crippen LogP contribution in [0.5, 0.6) is 11.5 Å². The second kappa shape index (κ2) is 6.89. The Morgan fingerprint density at radius 3 is 2.64 bits per heavy atom. The Morgan fingerprint density at radius 2 is 1.92 bits per heavy atom. The molecule has 3 rings (SSSR count). The Bertz CT molecular complexity index is 927. The van der Waals surface area contributed by atoms with Gasteiger partial charge in [0, 0.05) is 16.6 Å². The van der Waals surface area contributed by atoms with Crippen LogP contribution in [0.15, 0.2) is 42.5 Å². The highest BCUT2D eigenvalue weighted by Crippen LogP contribution is 2.29. The molecule has 3 aromatic rings. The molecule has 25 heavy (non-hydrogen) atoms. The molecule has 130 valence electrons. The molecule has 0 radical (unpaired) electrons. The van der Waals surface area contributed by atoms with Gasteiger partial charge in [0.1, 0.15) is 18.1 Å². The number of esters is 1. The van der Waals surface area contributed by atoms with Crippen molar-refractivity contribution < 1.29 is 19.4 Å². The number of nitrogens with zero attached hydrogens (tertiary/aromatic N) is 1. The van der Waals surface area contributed by atoms with Gasteiger partial charge in [-0.1, -0.05) is 18.2 Å². The predicted octanol–water partition coefficient (Wildman–Crippen LogP) is 3.83. The van der Waals surface area contributed by atoms with Gasteiger partial charge in [-0.2, -0.15) is 0 Å². The lowest BCUT2D eigenvalue weighted by Crippen LogP contribution is -2.11. The molecule has 5 heteroatoms. The molecule has 5 nitrogen and oxygen atoms in total. The van der Waals surface area contributed by atoms with E-state index in [1.165, 1.54) is 7.11 Å². The smallest absolute Gasteiger partial charge is 0.340 e. The molecule has 2 aromatic carbocycles. The third-order valence-corrected chi connectivity index (χ3v) is 4.36. The Hall–Kier alpha value is -2.95. The molecule has 0 aliphatic carbocycles. The number of benzene rings is 2. The molecular weight excluding hydrogens is 318 g/mol. The van der Waals surface area contributed by atoms with E-state index in [9.17, 15) is 9.90 Å². The third kappa shape index (κ3) is 3.18. The summed E-state index contributed by atoms with van der Waals surface area (Å²) in [4.78, 5) is 12.2. The number of methoxy groups -OCH3 is 1. The van der Waals surface area contributed by atoms with E-state index in [2.05, 4.69) is 0 Å². The fraction of sp³-hybridized carbons (Fsp3) is 0.250. The summed E-state index contributed by atoms with van der Waals surface area (Å²) < 4.78 is 12.8. The summed E-state index contributed by atoms with van der Waals surface area (Å²) in [7, 11) is 1.36. The van der Waals surface area contributed by atoms with Crippen LogP contribution in [0.2, 0.25) is 0 Å². The van der Waals surface area contributed by atoms with Gasteiger partial charge in [0.05, 0.1) is 19.2 Å². The first-order valence-electron chi connectivity index (χ1n) is 8.11. The number of phenolic OH excluding ortho intramolecular Hbond substituents is 1. The van der Waals surface area contributed by atoms with Gasteiger partial charge in [-0.05, 0) is 43.7 Å². The van der Waals surface area contributed by atoms with E-state index in [0.29, 0.717) is 24.1 Å². The van der Waals surface area contributed by atoms with Gasteiger partial charge in [-0.15, -0.1) is 0 Å². The number of para-hydroxylation sites is 1. The Labute approximate surface area is 146 Å². The van der Waals surface area contributed by atoms with Crippen molar-refractivity contribution in [2.75, 3.05) is 13.7 Å². The molecule has 1 N–H and O–H groups in total. The molecule has 1 aromatic heterocycles. The normalized spacial score (nSPS) is 10.8. The number of carbonyl (C=O) groups is 1. The van der Waals surface area contributed by atoms with Crippen LogP contribution in [0, 0.1) is 13.8 Å². The molecule has 0 unspecified atom stereocenters. The molecule has 0 saturated carbocycles. The number of phenols is 1. The van der Waals surface area contributed by atoms with E-state index in [0.717, 1.165) is 22.5 Å². The van der Waals surface area contributed by atoms with E-state index in [1.54, 1.807) is 18.2 Å². The highest BCUT2D eigenvalue weighted by atomic mass is 16.5. The minimum absolute atomic E-state index is 0.117. The van der Waals surface area contributed by atoms with Crippen LogP contribution in [0.4, 0.5) is 0 Å². The quantitative estimate of drug-likeness (QED) is 0.718. The van der Waals surface area contributed by atoms with Crippen LogP contribution in [0.3, 0.4) is 0 Å². The van der Waals surface area contributed by atoms with Gasteiger partial charge in [-0.3, -0.25) is 0 Å². The Morgan fingerprint density at radius 1 is 1.16 bits per heavy atom. The van der Waals surface area contributed by atoms with Crippen LogP contribution in [-0.2, 0) is 11.3 Å². The average molecular weight is 339 g/mol. The van der Waals surface area contributed by atoms with Crippen molar-refractivity contribution in [3.05, 3.63) is 59.3 Å². The van der Waals surface area contributed by atoms with Gasteiger partial charge < -0.3 is 19.1 Å². The van der Waals surface area contributed by atoms with Crippen molar-refractivity contribution >= 4 is 16.9 Å². The maximum absolute atomic E-state index is 12.2. The zero-order valence-corrected chi connectivity index (χ0v) is 14.6. The maximum atomic E-state index is 12.2. The molecule has 0 bridgehead atoms. The maximum Gasteiger partial charge on any atom is 0.340 e. The van der Waals surface area contributed by atoms with Gasteiger partial charge >= 0.3 is 5.97 Å². The number of hydrogen-bond donors (Lipinski definition) is 1. The van der Waals surface area contributed by atoms with Crippen molar-refractivity contribution in [2.45, 2.75) is 20.4 Å². The number of rotatable bonds is 5. The van der Waals surface area contributed by atoms with Crippen molar-refractivity contribution in [3.8, 4) is 11.5 Å². The van der Waals surface area contributed by atoms with Crippen LogP contribution in [-0.4, -0.2) is 29.4 Å². The van der Waals surface area contributed by atoms with Crippen LogP contribution in [0.25, 0.3) is 10.9 Å². The first-order valence-corrected chi connectivity index (χ1v) is 8.11. The zero-order chi connectivity index (χ0) is 18.0. The van der Waals surface area contributed by atoms with Crippen LogP contribution < -0.4 is 4.74 Å². The topological polar surface area (TPSA) is 60.7 Å². The molecule has 0 saturated heterocycles. The number of aromatic hydroxyl groups is 1. The lowest BCUT2D eigenvalue weighted by Gasteiger charge is -2.12. The highest BCUT2D eigenvalue weighted by molar-refractivity contribution is 6.06. The van der Waals surface area contributed by atoms with Crippen LogP contribution >= 0.6 is 0 Å². The number of aryl methyl sites for hydroxylation is 1. The van der Waals surface area contributed by atoms with Crippen molar-refractivity contribution in [1.82, 2.24) is 4.57 Å². The molecule has 0 spiro atoms. The third-order valence-electron chi connectivity index (χ3n) is 4.36. The molecule has 0 aliphatic rings. The van der Waals surface area contributed by atoms with Gasteiger partial charge in [0.25, 0.3) is 0 Å². The first-order chi connectivity index (χ1) is 12.0. The second-order valence-electron chi connectivity index (χ2n) is 5.92. The minimum Gasteiger partial charge on any atom is -0.508 e. The number of hydrogen-bond acceptors (Lipinski definition) is 4. The summed E-state index contributed by atoms with van der Waals surface area (Å²) in [5, 5.41) is 10.5. The molecular formula is C20H21NO4. The monoisotopic (exact) mass is 339 g/mol. The lowest BCUT2D eigenvalue weighted by molar-refractivity contribution is 0.0601. The number of fused-ring (bicyclic) bond motifs is 1. The fourth-order valence-corrected chi connectivity index (χ4v) is 3.08. The lowest BCUT2D eigenvalue weighted by atomic mass is 10.1. The van der Waals surface area contributed by atoms with E-state index in [4.69, 9.17) is 9.47 Å². The Kier molecular flexibility index (Phi) is 4.65. The highest BCUT2D eigenvalue weighted by Gasteiger charge is 2.20. The molecule has 1 heterocycles. The van der Waals surface area contributed by atoms with E-state index >= 15 is 0 Å².